The normalized spacial score (nSPS) is 28.2. The number of rotatable bonds is 5. The Morgan fingerprint density at radius 3 is 2.28 bits per heavy atom. The number of nitrogens with zero attached hydrogens (tertiary/aromatic N) is 1. The highest BCUT2D eigenvalue weighted by molar-refractivity contribution is 5.92. The van der Waals surface area contributed by atoms with Crippen LogP contribution in [0.5, 0.6) is 0 Å². The highest BCUT2D eigenvalue weighted by Gasteiger charge is 2.64. The van der Waals surface area contributed by atoms with Gasteiger partial charge in [0.25, 0.3) is 0 Å². The molecule has 0 spiro atoms. The van der Waals surface area contributed by atoms with Crippen molar-refractivity contribution in [2.75, 3.05) is 6.61 Å². The van der Waals surface area contributed by atoms with Gasteiger partial charge >= 0.3 is 5.97 Å². The molecule has 1 aliphatic heterocycles. The Kier molecular flexibility index (Phi) is 5.28. The topological polar surface area (TPSA) is 77.8 Å². The molecule has 0 bridgehead atoms. The van der Waals surface area contributed by atoms with Gasteiger partial charge in [0, 0.05) is 6.61 Å². The van der Waals surface area contributed by atoms with E-state index in [1.807, 2.05) is 58.0 Å². The molecule has 0 radical (unpaired) electrons. The van der Waals surface area contributed by atoms with Crippen LogP contribution in [0.3, 0.4) is 0 Å². The van der Waals surface area contributed by atoms with Crippen molar-refractivity contribution >= 4 is 11.9 Å². The highest BCUT2D eigenvalue weighted by atomic mass is 16.4. The number of likely N-dealkylation sites (tertiary alicyclic amines) is 1. The first-order valence-electron chi connectivity index (χ1n) is 8.78. The minimum Gasteiger partial charge on any atom is -0.481 e. The first-order valence-corrected chi connectivity index (χ1v) is 8.78. The van der Waals surface area contributed by atoms with E-state index in [0.29, 0.717) is 0 Å². The Morgan fingerprint density at radius 1 is 1.28 bits per heavy atom. The molecule has 2 rings (SSSR count). The molecule has 0 aromatic heterocycles. The van der Waals surface area contributed by atoms with Crippen molar-refractivity contribution < 1.29 is 19.8 Å². The van der Waals surface area contributed by atoms with E-state index in [0.717, 1.165) is 5.56 Å². The summed E-state index contributed by atoms with van der Waals surface area (Å²) in [7, 11) is 0. The van der Waals surface area contributed by atoms with Gasteiger partial charge in [-0.15, -0.1) is 0 Å². The lowest BCUT2D eigenvalue weighted by Crippen LogP contribution is -2.52. The first kappa shape index (κ1) is 19.4. The van der Waals surface area contributed by atoms with Crippen molar-refractivity contribution in [3.63, 3.8) is 0 Å². The number of carbonyl (C=O) groups is 2. The van der Waals surface area contributed by atoms with E-state index < -0.39 is 28.8 Å². The van der Waals surface area contributed by atoms with Crippen LogP contribution in [0.2, 0.25) is 0 Å². The predicted octanol–water partition coefficient (Wildman–Crippen LogP) is 3.09. The highest BCUT2D eigenvalue weighted by Crippen LogP contribution is 2.53. The van der Waals surface area contributed by atoms with Gasteiger partial charge in [-0.25, -0.2) is 0 Å². The number of carbonyl (C=O) groups excluding carboxylic acids is 1. The fourth-order valence-corrected chi connectivity index (χ4v) is 4.48. The lowest BCUT2D eigenvalue weighted by Gasteiger charge is -2.44. The molecule has 0 aliphatic carbocycles. The van der Waals surface area contributed by atoms with Crippen LogP contribution < -0.4 is 0 Å². The number of carboxylic acids is 1. The fourth-order valence-electron chi connectivity index (χ4n) is 4.48. The van der Waals surface area contributed by atoms with E-state index in [1.54, 1.807) is 11.8 Å². The Hall–Kier alpha value is -1.88. The zero-order valence-electron chi connectivity index (χ0n) is 15.7. The number of aliphatic hydroxyl groups excluding tert-OH is 1. The molecular formula is C20H29NO4. The molecule has 2 N–H and O–H groups in total. The van der Waals surface area contributed by atoms with Crippen molar-refractivity contribution in [3.05, 3.63) is 35.9 Å². The number of amides is 1. The summed E-state index contributed by atoms with van der Waals surface area (Å²) < 4.78 is 0. The first-order chi connectivity index (χ1) is 11.6. The second-order valence-electron chi connectivity index (χ2n) is 8.25. The quantitative estimate of drug-likeness (QED) is 0.858. The van der Waals surface area contributed by atoms with Gasteiger partial charge in [-0.1, -0.05) is 51.1 Å². The van der Waals surface area contributed by atoms with E-state index in [-0.39, 0.29) is 25.0 Å². The summed E-state index contributed by atoms with van der Waals surface area (Å²) in [6, 6.07) is 8.95. The lowest BCUT2D eigenvalue weighted by atomic mass is 9.65. The Balaban J connectivity index is 2.60. The molecule has 5 heteroatoms. The maximum Gasteiger partial charge on any atom is 0.312 e. The second kappa shape index (κ2) is 6.79. The predicted molar refractivity (Wildman–Crippen MR) is 95.9 cm³/mol. The molecule has 4 atom stereocenters. The van der Waals surface area contributed by atoms with Gasteiger partial charge in [-0.2, -0.15) is 0 Å². The second-order valence-corrected chi connectivity index (χ2v) is 8.25. The molecule has 1 aliphatic rings. The van der Waals surface area contributed by atoms with Crippen molar-refractivity contribution in [2.45, 2.75) is 53.1 Å². The van der Waals surface area contributed by atoms with Crippen molar-refractivity contribution in [1.29, 1.82) is 0 Å². The Morgan fingerprint density at radius 2 is 1.84 bits per heavy atom. The number of aliphatic carboxylic acids is 1. The monoisotopic (exact) mass is 347 g/mol. The number of carboxylic acid groups (broad SMARTS) is 1. The molecule has 2 unspecified atom stereocenters. The smallest absolute Gasteiger partial charge is 0.312 e. The molecule has 1 heterocycles. The van der Waals surface area contributed by atoms with Gasteiger partial charge < -0.3 is 15.1 Å². The molecule has 0 saturated carbocycles. The third kappa shape index (κ3) is 3.17. The summed E-state index contributed by atoms with van der Waals surface area (Å²) in [5.74, 6) is -1.90. The zero-order valence-corrected chi connectivity index (χ0v) is 15.7. The summed E-state index contributed by atoms with van der Waals surface area (Å²) >= 11 is 0. The van der Waals surface area contributed by atoms with Gasteiger partial charge in [-0.05, 0) is 31.2 Å². The standard InChI is InChI=1S/C20H29NO4/c1-13(14-9-7-6-8-10-14)21-16(23)15(11-12-22)20(5,18(24)25)17(21)19(2,3)4/h6-10,13,15,17,22H,11-12H2,1-5H3,(H,24,25)/t13-,15?,17?,20+/m1/s1. The van der Waals surface area contributed by atoms with Crippen LogP contribution in [-0.4, -0.2) is 39.6 Å². The van der Waals surface area contributed by atoms with Crippen LogP contribution in [-0.2, 0) is 9.59 Å². The molecule has 1 amide bonds. The summed E-state index contributed by atoms with van der Waals surface area (Å²) in [6.45, 7) is 9.30. The third-order valence-corrected chi connectivity index (χ3v) is 5.52. The van der Waals surface area contributed by atoms with Crippen molar-refractivity contribution in [1.82, 2.24) is 4.90 Å². The largest absolute Gasteiger partial charge is 0.481 e. The van der Waals surface area contributed by atoms with E-state index in [1.165, 1.54) is 0 Å². The maximum absolute atomic E-state index is 13.2. The van der Waals surface area contributed by atoms with E-state index >= 15 is 0 Å². The summed E-state index contributed by atoms with van der Waals surface area (Å²) in [5.41, 5.74) is -0.695. The van der Waals surface area contributed by atoms with Crippen LogP contribution in [0.1, 0.15) is 52.6 Å². The molecule has 25 heavy (non-hydrogen) atoms. The zero-order chi connectivity index (χ0) is 19.0. The minimum absolute atomic E-state index is 0.159. The summed E-state index contributed by atoms with van der Waals surface area (Å²) in [5, 5.41) is 19.5. The average molecular weight is 347 g/mol. The minimum atomic E-state index is -1.25. The molecule has 1 fully saturated rings. The van der Waals surface area contributed by atoms with Gasteiger partial charge in [-0.3, -0.25) is 9.59 Å². The van der Waals surface area contributed by atoms with Crippen LogP contribution >= 0.6 is 0 Å². The number of aliphatic hydroxyl groups is 1. The number of hydrogen-bond acceptors (Lipinski definition) is 3. The molecule has 1 aromatic rings. The number of benzene rings is 1. The van der Waals surface area contributed by atoms with E-state index in [2.05, 4.69) is 0 Å². The van der Waals surface area contributed by atoms with Gasteiger partial charge in [0.1, 0.15) is 0 Å². The Bertz CT molecular complexity index is 637. The number of hydrogen-bond donors (Lipinski definition) is 2. The van der Waals surface area contributed by atoms with Gasteiger partial charge in [0.05, 0.1) is 23.4 Å². The van der Waals surface area contributed by atoms with Gasteiger partial charge in [0.15, 0.2) is 0 Å². The fraction of sp³-hybridized carbons (Fsp3) is 0.600. The molecule has 5 nitrogen and oxygen atoms in total. The molecule has 1 saturated heterocycles. The average Bonchev–Trinajstić information content (AvgIpc) is 2.78. The lowest BCUT2D eigenvalue weighted by molar-refractivity contribution is -0.155. The Labute approximate surface area is 149 Å². The molecule has 1 aromatic carbocycles. The van der Waals surface area contributed by atoms with Crippen molar-refractivity contribution in [2.24, 2.45) is 16.7 Å². The van der Waals surface area contributed by atoms with E-state index in [4.69, 9.17) is 0 Å². The van der Waals surface area contributed by atoms with Crippen LogP contribution in [0.4, 0.5) is 0 Å². The van der Waals surface area contributed by atoms with E-state index in [9.17, 15) is 19.8 Å². The third-order valence-electron chi connectivity index (χ3n) is 5.52. The maximum atomic E-state index is 13.2. The summed E-state index contributed by atoms with van der Waals surface area (Å²) in [6.07, 6.45) is 0.159. The molecular weight excluding hydrogens is 318 g/mol. The van der Waals surface area contributed by atoms with Crippen molar-refractivity contribution in [3.8, 4) is 0 Å². The van der Waals surface area contributed by atoms with Crippen LogP contribution in [0.15, 0.2) is 30.3 Å². The van der Waals surface area contributed by atoms with Crippen LogP contribution in [0, 0.1) is 16.7 Å². The summed E-state index contributed by atoms with van der Waals surface area (Å²) in [4.78, 5) is 27.2. The SMILES string of the molecule is C[C@H](c1ccccc1)N1C(=O)C(CCO)[C@](C)(C(=O)O)C1C(C)(C)C. The van der Waals surface area contributed by atoms with Gasteiger partial charge in [0.2, 0.25) is 5.91 Å². The van der Waals surface area contributed by atoms with Crippen LogP contribution in [0.25, 0.3) is 0 Å². The molecule has 138 valence electrons.